The number of rotatable bonds is 5. The molecule has 2 aromatic carbocycles. The van der Waals surface area contributed by atoms with Crippen molar-refractivity contribution in [1.82, 2.24) is 9.55 Å². The number of pyridine rings is 1. The lowest BCUT2D eigenvalue weighted by molar-refractivity contribution is 0.415. The van der Waals surface area contributed by atoms with Gasteiger partial charge in [0.1, 0.15) is 5.75 Å². The Morgan fingerprint density at radius 1 is 1.00 bits per heavy atom. The first-order valence-electron chi connectivity index (χ1n) is 8.59. The van der Waals surface area contributed by atoms with Gasteiger partial charge in [0.15, 0.2) is 0 Å². The highest BCUT2D eigenvalue weighted by Gasteiger charge is 2.12. The van der Waals surface area contributed by atoms with E-state index in [1.54, 1.807) is 13.2 Å². The number of hydrogen-bond donors (Lipinski definition) is 0. The molecule has 26 heavy (non-hydrogen) atoms. The summed E-state index contributed by atoms with van der Waals surface area (Å²) in [7, 11) is 1.70. The molecule has 0 aliphatic carbocycles. The van der Waals surface area contributed by atoms with E-state index in [1.807, 2.05) is 24.3 Å². The van der Waals surface area contributed by atoms with Crippen LogP contribution in [0, 0.1) is 0 Å². The monoisotopic (exact) mass is 340 g/mol. The second-order valence-corrected chi connectivity index (χ2v) is 6.16. The molecule has 0 aliphatic rings. The van der Waals surface area contributed by atoms with Crippen LogP contribution >= 0.6 is 0 Å². The maximum Gasteiger partial charge on any atom is 0.119 e. The summed E-state index contributed by atoms with van der Waals surface area (Å²) in [4.78, 5) is 4.68. The van der Waals surface area contributed by atoms with Gasteiger partial charge in [-0.05, 0) is 48.0 Å². The number of methoxy groups -OCH3 is 1. The molecule has 3 heteroatoms. The quantitative estimate of drug-likeness (QED) is 0.486. The van der Waals surface area contributed by atoms with E-state index >= 15 is 0 Å². The minimum Gasteiger partial charge on any atom is -0.497 e. The highest BCUT2D eigenvalue weighted by molar-refractivity contribution is 5.88. The first-order valence-corrected chi connectivity index (χ1v) is 8.59. The highest BCUT2D eigenvalue weighted by Crippen LogP contribution is 2.31. The largest absolute Gasteiger partial charge is 0.497 e. The zero-order valence-electron chi connectivity index (χ0n) is 14.7. The summed E-state index contributed by atoms with van der Waals surface area (Å²) in [6.45, 7) is 4.52. The highest BCUT2D eigenvalue weighted by atomic mass is 16.5. The van der Waals surface area contributed by atoms with E-state index in [9.17, 15) is 0 Å². The van der Waals surface area contributed by atoms with Crippen LogP contribution in [0.1, 0.15) is 11.4 Å². The van der Waals surface area contributed by atoms with Gasteiger partial charge >= 0.3 is 0 Å². The third kappa shape index (κ3) is 3.00. The van der Waals surface area contributed by atoms with Gasteiger partial charge in [-0.25, -0.2) is 0 Å². The Labute approximate surface area is 153 Å². The molecule has 0 atom stereocenters. The molecule has 0 bridgehead atoms. The Balaban J connectivity index is 1.88. The number of aromatic nitrogens is 2. The Kier molecular flexibility index (Phi) is 4.28. The molecule has 3 nitrogen and oxygen atoms in total. The van der Waals surface area contributed by atoms with Gasteiger partial charge in [0.25, 0.3) is 0 Å². The summed E-state index contributed by atoms with van der Waals surface area (Å²) < 4.78 is 7.70. The van der Waals surface area contributed by atoms with Gasteiger partial charge in [0, 0.05) is 16.6 Å². The smallest absolute Gasteiger partial charge is 0.119 e. The number of fused-ring (bicyclic) bond motifs is 1. The topological polar surface area (TPSA) is 27.1 Å². The molecule has 2 aromatic heterocycles. The molecule has 0 radical (unpaired) electrons. The van der Waals surface area contributed by atoms with E-state index in [4.69, 9.17) is 4.74 Å². The Morgan fingerprint density at radius 3 is 2.62 bits per heavy atom. The van der Waals surface area contributed by atoms with E-state index in [-0.39, 0.29) is 0 Å². The standard InChI is InChI=1S/C23H20N2O/c1-3-19-10-7-11-20(24-19)16-25-22-13-12-21(26-2)14-18(22)15-23(25)17-8-5-4-6-9-17/h3-15H,1,16H2,2H3. The molecule has 0 N–H and O–H groups in total. The minimum atomic E-state index is 0.696. The molecule has 128 valence electrons. The molecule has 0 fully saturated rings. The molecule has 4 aromatic rings. The zero-order chi connectivity index (χ0) is 17.9. The van der Waals surface area contributed by atoms with Crippen LogP contribution in [0.5, 0.6) is 5.75 Å². The van der Waals surface area contributed by atoms with Crippen LogP contribution in [0.25, 0.3) is 28.2 Å². The zero-order valence-corrected chi connectivity index (χ0v) is 14.7. The Hall–Kier alpha value is -3.33. The summed E-state index contributed by atoms with van der Waals surface area (Å²) in [6, 6.07) is 24.9. The van der Waals surface area contributed by atoms with Crippen LogP contribution in [0.15, 0.2) is 79.4 Å². The van der Waals surface area contributed by atoms with Crippen molar-refractivity contribution in [2.45, 2.75) is 6.54 Å². The van der Waals surface area contributed by atoms with Gasteiger partial charge < -0.3 is 9.30 Å². The van der Waals surface area contributed by atoms with Crippen LogP contribution in [0.2, 0.25) is 0 Å². The summed E-state index contributed by atoms with van der Waals surface area (Å²) in [5.41, 5.74) is 5.41. The van der Waals surface area contributed by atoms with Crippen LogP contribution in [-0.4, -0.2) is 16.7 Å². The molecular formula is C23H20N2O. The number of hydrogen-bond acceptors (Lipinski definition) is 2. The van der Waals surface area contributed by atoms with Gasteiger partial charge in [0.2, 0.25) is 0 Å². The first-order chi connectivity index (χ1) is 12.8. The van der Waals surface area contributed by atoms with Gasteiger partial charge in [0.05, 0.1) is 25.0 Å². The Bertz CT molecular complexity index is 1060. The van der Waals surface area contributed by atoms with Crippen molar-refractivity contribution in [2.24, 2.45) is 0 Å². The third-order valence-electron chi connectivity index (χ3n) is 4.54. The van der Waals surface area contributed by atoms with Crippen molar-refractivity contribution in [3.63, 3.8) is 0 Å². The molecule has 0 spiro atoms. The number of ether oxygens (including phenoxy) is 1. The maximum atomic E-state index is 5.39. The van der Waals surface area contributed by atoms with E-state index in [0.29, 0.717) is 6.54 Å². The number of nitrogens with zero attached hydrogens (tertiary/aromatic N) is 2. The molecule has 2 heterocycles. The lowest BCUT2D eigenvalue weighted by Crippen LogP contribution is -2.04. The van der Waals surface area contributed by atoms with E-state index in [1.165, 1.54) is 11.3 Å². The molecule has 0 unspecified atom stereocenters. The fourth-order valence-corrected chi connectivity index (χ4v) is 3.26. The average Bonchev–Trinajstić information content (AvgIpc) is 3.06. The summed E-state index contributed by atoms with van der Waals surface area (Å²) in [6.07, 6.45) is 1.78. The van der Waals surface area contributed by atoms with Crippen LogP contribution < -0.4 is 4.74 Å². The van der Waals surface area contributed by atoms with Crippen molar-refractivity contribution in [3.8, 4) is 17.0 Å². The summed E-state index contributed by atoms with van der Waals surface area (Å²) >= 11 is 0. The normalized spacial score (nSPS) is 10.8. The lowest BCUT2D eigenvalue weighted by Gasteiger charge is -2.11. The molecule has 0 amide bonds. The predicted molar refractivity (Wildman–Crippen MR) is 107 cm³/mol. The number of benzene rings is 2. The van der Waals surface area contributed by atoms with Crippen LogP contribution in [0.3, 0.4) is 0 Å². The molecule has 0 aliphatic heterocycles. The molecule has 0 saturated carbocycles. The second-order valence-electron chi connectivity index (χ2n) is 6.16. The van der Waals surface area contributed by atoms with Crippen LogP contribution in [-0.2, 0) is 6.54 Å². The van der Waals surface area contributed by atoms with Gasteiger partial charge in [-0.2, -0.15) is 0 Å². The minimum absolute atomic E-state index is 0.696. The fraction of sp³-hybridized carbons (Fsp3) is 0.0870. The second kappa shape index (κ2) is 6.89. The lowest BCUT2D eigenvalue weighted by atomic mass is 10.1. The summed E-state index contributed by atoms with van der Waals surface area (Å²) in [5.74, 6) is 0.862. The maximum absolute atomic E-state index is 5.39. The van der Waals surface area contributed by atoms with Crippen LogP contribution in [0.4, 0.5) is 0 Å². The SMILES string of the molecule is C=Cc1cccc(Cn2c(-c3ccccc3)cc3cc(OC)ccc32)n1. The molecular weight excluding hydrogens is 320 g/mol. The van der Waals surface area contributed by atoms with Gasteiger partial charge in [-0.1, -0.05) is 43.0 Å². The predicted octanol–water partition coefficient (Wildman–Crippen LogP) is 5.40. The van der Waals surface area contributed by atoms with Crippen molar-refractivity contribution < 1.29 is 4.74 Å². The van der Waals surface area contributed by atoms with Crippen molar-refractivity contribution >= 4 is 17.0 Å². The van der Waals surface area contributed by atoms with Crippen molar-refractivity contribution in [2.75, 3.05) is 7.11 Å². The third-order valence-corrected chi connectivity index (χ3v) is 4.54. The first kappa shape index (κ1) is 16.2. The van der Waals surface area contributed by atoms with Crippen molar-refractivity contribution in [1.29, 1.82) is 0 Å². The Morgan fingerprint density at radius 2 is 1.85 bits per heavy atom. The van der Waals surface area contributed by atoms with Gasteiger partial charge in [-0.3, -0.25) is 4.98 Å². The van der Waals surface area contributed by atoms with Crippen molar-refractivity contribution in [3.05, 3.63) is 90.8 Å². The van der Waals surface area contributed by atoms with Gasteiger partial charge in [-0.15, -0.1) is 0 Å². The van der Waals surface area contributed by atoms with E-state index < -0.39 is 0 Å². The fourth-order valence-electron chi connectivity index (χ4n) is 3.26. The van der Waals surface area contributed by atoms with E-state index in [0.717, 1.165) is 28.0 Å². The molecule has 0 saturated heterocycles. The average molecular weight is 340 g/mol. The summed E-state index contributed by atoms with van der Waals surface area (Å²) in [5, 5.41) is 1.16. The molecule has 4 rings (SSSR count). The van der Waals surface area contributed by atoms with E-state index in [2.05, 4.69) is 64.7 Å².